The van der Waals surface area contributed by atoms with Gasteiger partial charge in [0.05, 0.1) is 12.5 Å². The van der Waals surface area contributed by atoms with Gasteiger partial charge < -0.3 is 15.3 Å². The van der Waals surface area contributed by atoms with E-state index in [1.165, 1.54) is 18.9 Å². The molecule has 0 aromatic rings. The van der Waals surface area contributed by atoms with Crippen LogP contribution in [0.1, 0.15) is 33.1 Å². The highest BCUT2D eigenvalue weighted by Crippen LogP contribution is 2.13. The van der Waals surface area contributed by atoms with Crippen LogP contribution in [0.2, 0.25) is 0 Å². The van der Waals surface area contributed by atoms with Gasteiger partial charge in [-0.25, -0.2) is 9.59 Å². The lowest BCUT2D eigenvalue weighted by molar-refractivity contribution is -0.144. The molecule has 0 aliphatic heterocycles. The zero-order valence-electron chi connectivity index (χ0n) is 10.5. The number of carbonyl (C=O) groups excluding carboxylic acids is 1. The lowest BCUT2D eigenvalue weighted by Gasteiger charge is -2.28. The van der Waals surface area contributed by atoms with E-state index in [9.17, 15) is 9.59 Å². The van der Waals surface area contributed by atoms with Crippen LogP contribution in [-0.2, 0) is 4.79 Å². The lowest BCUT2D eigenvalue weighted by atomic mass is 9.96. The van der Waals surface area contributed by atoms with Crippen molar-refractivity contribution >= 4 is 12.0 Å². The summed E-state index contributed by atoms with van der Waals surface area (Å²) in [6.07, 6.45) is 1.24. The number of amides is 2. The first kappa shape index (κ1) is 15.2. The summed E-state index contributed by atoms with van der Waals surface area (Å²) in [5.41, 5.74) is -1.26. The molecule has 0 saturated heterocycles. The highest BCUT2D eigenvalue weighted by Gasteiger charge is 2.34. The van der Waals surface area contributed by atoms with Gasteiger partial charge in [0.15, 0.2) is 0 Å². The number of hydrogen-bond donors (Lipinski definition) is 2. The number of urea groups is 1. The molecule has 0 heterocycles. The normalized spacial score (nSPS) is 13.3. The second-order valence-electron chi connectivity index (χ2n) is 4.15. The minimum Gasteiger partial charge on any atom is -0.480 e. The maximum absolute atomic E-state index is 11.7. The third-order valence-electron chi connectivity index (χ3n) is 2.51. The number of carboxylic acid groups (broad SMARTS) is 1. The zero-order valence-corrected chi connectivity index (χ0v) is 10.5. The second kappa shape index (κ2) is 6.74. The van der Waals surface area contributed by atoms with Gasteiger partial charge in [-0.3, -0.25) is 0 Å². The molecule has 0 aliphatic rings. The van der Waals surface area contributed by atoms with E-state index in [0.717, 1.165) is 0 Å². The van der Waals surface area contributed by atoms with Crippen molar-refractivity contribution < 1.29 is 14.7 Å². The topological polar surface area (TPSA) is 93.4 Å². The highest BCUT2D eigenvalue weighted by atomic mass is 16.4. The van der Waals surface area contributed by atoms with Gasteiger partial charge >= 0.3 is 12.0 Å². The molecule has 0 rings (SSSR count). The van der Waals surface area contributed by atoms with Gasteiger partial charge in [0.2, 0.25) is 0 Å². The van der Waals surface area contributed by atoms with Gasteiger partial charge in [-0.2, -0.15) is 5.26 Å². The van der Waals surface area contributed by atoms with Gasteiger partial charge in [-0.15, -0.1) is 0 Å². The standard InChI is InChI=1S/C11H19N3O3/c1-4-6-11(2,9(15)16)13-10(17)14(3)8-5-7-12/h4-6,8H2,1-3H3,(H,13,17)(H,15,16). The first-order valence-corrected chi connectivity index (χ1v) is 5.51. The van der Waals surface area contributed by atoms with Gasteiger partial charge in [0, 0.05) is 13.6 Å². The molecule has 0 fully saturated rings. The van der Waals surface area contributed by atoms with E-state index in [1.807, 2.05) is 13.0 Å². The summed E-state index contributed by atoms with van der Waals surface area (Å²) in [6.45, 7) is 3.62. The van der Waals surface area contributed by atoms with Crippen LogP contribution in [0.5, 0.6) is 0 Å². The third kappa shape index (κ3) is 4.72. The molecule has 1 unspecified atom stereocenters. The minimum absolute atomic E-state index is 0.224. The Kier molecular flexibility index (Phi) is 6.03. The number of rotatable bonds is 6. The molecule has 17 heavy (non-hydrogen) atoms. The Morgan fingerprint density at radius 1 is 1.53 bits per heavy atom. The van der Waals surface area contributed by atoms with Gasteiger partial charge in [0.1, 0.15) is 5.54 Å². The minimum atomic E-state index is -1.26. The maximum Gasteiger partial charge on any atom is 0.329 e. The Morgan fingerprint density at radius 2 is 2.12 bits per heavy atom. The van der Waals surface area contributed by atoms with Crippen molar-refractivity contribution in [2.75, 3.05) is 13.6 Å². The van der Waals surface area contributed by atoms with Crippen LogP contribution < -0.4 is 5.32 Å². The van der Waals surface area contributed by atoms with E-state index in [0.29, 0.717) is 12.8 Å². The van der Waals surface area contributed by atoms with E-state index >= 15 is 0 Å². The summed E-state index contributed by atoms with van der Waals surface area (Å²) < 4.78 is 0. The van der Waals surface area contributed by atoms with Crippen molar-refractivity contribution in [1.29, 1.82) is 5.26 Å². The van der Waals surface area contributed by atoms with E-state index in [-0.39, 0.29) is 13.0 Å². The van der Waals surface area contributed by atoms with Gasteiger partial charge in [-0.05, 0) is 13.3 Å². The average Bonchev–Trinajstić information content (AvgIpc) is 2.25. The molecule has 0 aromatic carbocycles. The fourth-order valence-corrected chi connectivity index (χ4v) is 1.37. The smallest absolute Gasteiger partial charge is 0.329 e. The van der Waals surface area contributed by atoms with Crippen molar-refractivity contribution in [2.24, 2.45) is 0 Å². The number of aliphatic carboxylic acids is 1. The Labute approximate surface area is 101 Å². The summed E-state index contributed by atoms with van der Waals surface area (Å²) in [5, 5.41) is 20.0. The molecule has 2 amide bonds. The van der Waals surface area contributed by atoms with Crippen molar-refractivity contribution in [3.05, 3.63) is 0 Å². The SMILES string of the molecule is CCCC(C)(NC(=O)N(C)CCC#N)C(=O)O. The van der Waals surface area contributed by atoms with Crippen molar-refractivity contribution in [1.82, 2.24) is 10.2 Å². The molecule has 2 N–H and O–H groups in total. The molecule has 96 valence electrons. The third-order valence-corrected chi connectivity index (χ3v) is 2.51. The monoisotopic (exact) mass is 241 g/mol. The molecule has 6 nitrogen and oxygen atoms in total. The summed E-state index contributed by atoms with van der Waals surface area (Å²) in [4.78, 5) is 24.1. The Balaban J connectivity index is 4.51. The largest absolute Gasteiger partial charge is 0.480 e. The Hall–Kier alpha value is -1.77. The van der Waals surface area contributed by atoms with Crippen LogP contribution in [0.3, 0.4) is 0 Å². The van der Waals surface area contributed by atoms with Crippen LogP contribution in [0.4, 0.5) is 4.79 Å². The van der Waals surface area contributed by atoms with Crippen molar-refractivity contribution in [3.8, 4) is 6.07 Å². The van der Waals surface area contributed by atoms with E-state index in [4.69, 9.17) is 10.4 Å². The van der Waals surface area contributed by atoms with Crippen LogP contribution in [0.25, 0.3) is 0 Å². The summed E-state index contributed by atoms with van der Waals surface area (Å²) in [5.74, 6) is -1.05. The fraction of sp³-hybridized carbons (Fsp3) is 0.727. The number of nitriles is 1. The molecule has 0 radical (unpaired) electrons. The van der Waals surface area contributed by atoms with E-state index in [2.05, 4.69) is 5.32 Å². The molecular formula is C11H19N3O3. The predicted molar refractivity (Wildman–Crippen MR) is 62.3 cm³/mol. The molecule has 0 bridgehead atoms. The first-order chi connectivity index (χ1) is 7.87. The van der Waals surface area contributed by atoms with Crippen LogP contribution in [0, 0.1) is 11.3 Å². The summed E-state index contributed by atoms with van der Waals surface area (Å²) in [7, 11) is 1.53. The number of carbonyl (C=O) groups is 2. The Bertz CT molecular complexity index is 324. The van der Waals surface area contributed by atoms with E-state index < -0.39 is 17.5 Å². The van der Waals surface area contributed by atoms with Crippen LogP contribution in [0.15, 0.2) is 0 Å². The van der Waals surface area contributed by atoms with E-state index in [1.54, 1.807) is 0 Å². The van der Waals surface area contributed by atoms with Crippen molar-refractivity contribution in [2.45, 2.75) is 38.6 Å². The molecule has 0 saturated carbocycles. The number of nitrogens with zero attached hydrogens (tertiary/aromatic N) is 2. The molecule has 6 heteroatoms. The maximum atomic E-state index is 11.7. The summed E-state index contributed by atoms with van der Waals surface area (Å²) in [6, 6.07) is 1.45. The lowest BCUT2D eigenvalue weighted by Crippen LogP contribution is -2.55. The van der Waals surface area contributed by atoms with Crippen LogP contribution in [-0.4, -0.2) is 41.1 Å². The fourth-order valence-electron chi connectivity index (χ4n) is 1.37. The molecule has 0 aliphatic carbocycles. The van der Waals surface area contributed by atoms with Crippen LogP contribution >= 0.6 is 0 Å². The Morgan fingerprint density at radius 3 is 2.53 bits per heavy atom. The quantitative estimate of drug-likeness (QED) is 0.730. The molecular weight excluding hydrogens is 222 g/mol. The highest BCUT2D eigenvalue weighted by molar-refractivity contribution is 5.85. The van der Waals surface area contributed by atoms with Gasteiger partial charge in [0.25, 0.3) is 0 Å². The van der Waals surface area contributed by atoms with Gasteiger partial charge in [-0.1, -0.05) is 13.3 Å². The number of nitrogens with one attached hydrogen (secondary N) is 1. The first-order valence-electron chi connectivity index (χ1n) is 5.51. The number of hydrogen-bond acceptors (Lipinski definition) is 3. The second-order valence-corrected chi connectivity index (χ2v) is 4.15. The molecule has 0 aromatic heterocycles. The zero-order chi connectivity index (χ0) is 13.5. The van der Waals surface area contributed by atoms with Crippen molar-refractivity contribution in [3.63, 3.8) is 0 Å². The molecule has 0 spiro atoms. The molecule has 1 atom stereocenters. The average molecular weight is 241 g/mol. The summed E-state index contributed by atoms with van der Waals surface area (Å²) >= 11 is 0. The predicted octanol–water partition coefficient (Wildman–Crippen LogP) is 1.18. The number of carboxylic acids is 1.